The van der Waals surface area contributed by atoms with E-state index >= 15 is 0 Å². The van der Waals surface area contributed by atoms with Gasteiger partial charge in [-0.25, -0.2) is 14.4 Å². The number of hydrogen-bond acceptors (Lipinski definition) is 7. The van der Waals surface area contributed by atoms with Gasteiger partial charge in [-0.2, -0.15) is 0 Å². The lowest BCUT2D eigenvalue weighted by Gasteiger charge is -2.26. The zero-order chi connectivity index (χ0) is 31.2. The molecule has 1 fully saturated rings. The number of methoxy groups -OCH3 is 1. The third-order valence-electron chi connectivity index (χ3n) is 4.18. The minimum Gasteiger partial charge on any atom is -0.493 e. The summed E-state index contributed by atoms with van der Waals surface area (Å²) >= 11 is 5.82. The van der Waals surface area contributed by atoms with Gasteiger partial charge < -0.3 is 19.5 Å². The monoisotopic (exact) mass is 457 g/mol. The fraction of sp³-hybridized carbons (Fsp3) is 0.364. The van der Waals surface area contributed by atoms with Gasteiger partial charge in [0.2, 0.25) is 0 Å². The SMILES string of the molecule is [2H]c1c([2H])c(Nc2ncnc3c([2H])c(OC([2H])([2H])[2H])c(OCCCN4C([2H])([2H])COCC4([2H])[2H])cc23)c([2H])c(Cl)c1F. The molecule has 164 valence electrons. The molecule has 0 unspecified atom stereocenters. The third kappa shape index (κ3) is 5.33. The fourth-order valence-electron chi connectivity index (χ4n) is 2.75. The topological polar surface area (TPSA) is 68.7 Å². The molecule has 0 bridgehead atoms. The van der Waals surface area contributed by atoms with Crippen LogP contribution in [0.5, 0.6) is 11.5 Å². The Labute approximate surface area is 200 Å². The van der Waals surface area contributed by atoms with Gasteiger partial charge >= 0.3 is 0 Å². The van der Waals surface area contributed by atoms with Crippen LogP contribution in [0, 0.1) is 5.82 Å². The van der Waals surface area contributed by atoms with E-state index < -0.39 is 60.8 Å². The second kappa shape index (κ2) is 10.1. The number of halogens is 2. The molecule has 1 aliphatic rings. The van der Waals surface area contributed by atoms with Crippen LogP contribution in [-0.2, 0) is 4.74 Å². The zero-order valence-corrected chi connectivity index (χ0v) is 16.8. The molecule has 31 heavy (non-hydrogen) atoms. The second-order valence-corrected chi connectivity index (χ2v) is 6.59. The number of nitrogens with one attached hydrogen (secondary N) is 1. The van der Waals surface area contributed by atoms with E-state index in [0.717, 1.165) is 11.2 Å². The highest BCUT2D eigenvalue weighted by Gasteiger charge is 2.14. The summed E-state index contributed by atoms with van der Waals surface area (Å²) < 4.78 is 117. The predicted octanol–water partition coefficient (Wildman–Crippen LogP) is 4.28. The van der Waals surface area contributed by atoms with Gasteiger partial charge in [0.05, 0.1) is 47.0 Å². The summed E-state index contributed by atoms with van der Waals surface area (Å²) in [6.45, 7) is -5.08. The van der Waals surface area contributed by atoms with Crippen molar-refractivity contribution in [1.29, 1.82) is 0 Å². The van der Waals surface area contributed by atoms with Gasteiger partial charge in [0, 0.05) is 42.1 Å². The number of rotatable bonds is 8. The van der Waals surface area contributed by atoms with Gasteiger partial charge in [0.25, 0.3) is 0 Å². The van der Waals surface area contributed by atoms with Crippen molar-refractivity contribution >= 4 is 34.0 Å². The van der Waals surface area contributed by atoms with Crippen LogP contribution in [0.3, 0.4) is 0 Å². The van der Waals surface area contributed by atoms with E-state index in [2.05, 4.69) is 15.3 Å². The normalized spacial score (nSPS) is 23.4. The zero-order valence-electron chi connectivity index (χ0n) is 27.0. The smallest absolute Gasteiger partial charge is 0.162 e. The molecule has 2 heterocycles. The molecule has 0 amide bonds. The number of ether oxygens (including phenoxy) is 3. The number of hydrogen-bond donors (Lipinski definition) is 1. The molecule has 1 saturated heterocycles. The summed E-state index contributed by atoms with van der Waals surface area (Å²) in [6, 6.07) is -1.40. The van der Waals surface area contributed by atoms with Gasteiger partial charge in [0.1, 0.15) is 18.0 Å². The average molecular weight is 458 g/mol. The number of aromatic nitrogens is 2. The van der Waals surface area contributed by atoms with Crippen molar-refractivity contribution in [2.75, 3.05) is 51.7 Å². The van der Waals surface area contributed by atoms with Crippen molar-refractivity contribution in [3.63, 3.8) is 0 Å². The lowest BCUT2D eigenvalue weighted by atomic mass is 10.2. The minimum absolute atomic E-state index is 0.0574. The summed E-state index contributed by atoms with van der Waals surface area (Å²) in [6.07, 6.45) is 1.10. The van der Waals surface area contributed by atoms with Crippen molar-refractivity contribution in [2.24, 2.45) is 0 Å². The lowest BCUT2D eigenvalue weighted by Crippen LogP contribution is -2.37. The predicted molar refractivity (Wildman–Crippen MR) is 118 cm³/mol. The molecule has 0 saturated carbocycles. The summed E-state index contributed by atoms with van der Waals surface area (Å²) in [5.74, 6) is -2.05. The molecule has 3 aromatic rings. The van der Waals surface area contributed by atoms with Crippen molar-refractivity contribution in [3.8, 4) is 11.5 Å². The van der Waals surface area contributed by atoms with Crippen LogP contribution in [0.4, 0.5) is 15.9 Å². The third-order valence-corrected chi connectivity index (χ3v) is 4.44. The van der Waals surface area contributed by atoms with Crippen LogP contribution >= 0.6 is 11.6 Å². The number of fused-ring (bicyclic) bond motifs is 1. The molecule has 1 aliphatic heterocycles. The van der Waals surface area contributed by atoms with E-state index in [0.29, 0.717) is 0 Å². The van der Waals surface area contributed by atoms with Gasteiger partial charge in [0.15, 0.2) is 11.5 Å². The fourth-order valence-corrected chi connectivity index (χ4v) is 2.89. The average Bonchev–Trinajstić information content (AvgIpc) is 2.89. The van der Waals surface area contributed by atoms with Gasteiger partial charge in [-0.15, -0.1) is 0 Å². The Kier molecular flexibility index (Phi) is 3.84. The maximum absolute atomic E-state index is 14.1. The van der Waals surface area contributed by atoms with Crippen molar-refractivity contribution in [1.82, 2.24) is 14.9 Å². The van der Waals surface area contributed by atoms with Crippen LogP contribution in [0.25, 0.3) is 10.9 Å². The molecule has 0 radical (unpaired) electrons. The molecule has 9 heteroatoms. The maximum Gasteiger partial charge on any atom is 0.162 e. The molecule has 0 atom stereocenters. The summed E-state index contributed by atoms with van der Waals surface area (Å²) in [5, 5.41) is 2.02. The van der Waals surface area contributed by atoms with Gasteiger partial charge in [-0.05, 0) is 30.6 Å². The second-order valence-electron chi connectivity index (χ2n) is 6.21. The van der Waals surface area contributed by atoms with E-state index in [1.165, 1.54) is 6.07 Å². The van der Waals surface area contributed by atoms with Crippen molar-refractivity contribution in [3.05, 3.63) is 47.4 Å². The van der Waals surface area contributed by atoms with Crippen LogP contribution in [0.15, 0.2) is 36.6 Å². The van der Waals surface area contributed by atoms with E-state index in [1.54, 1.807) is 0 Å². The first-order chi connectivity index (χ1) is 19.4. The number of anilines is 2. The molecule has 2 aromatic carbocycles. The minimum atomic E-state index is -2.98. The maximum atomic E-state index is 14.1. The number of benzene rings is 2. The van der Waals surface area contributed by atoms with Crippen LogP contribution in [0.2, 0.25) is 5.02 Å². The van der Waals surface area contributed by atoms with Crippen LogP contribution in [0.1, 0.15) is 21.5 Å². The van der Waals surface area contributed by atoms with Crippen LogP contribution in [-0.4, -0.2) is 61.3 Å². The molecule has 1 N–H and O–H groups in total. The Morgan fingerprint density at radius 2 is 2.19 bits per heavy atom. The first-order valence-electron chi connectivity index (χ1n) is 14.6. The first kappa shape index (κ1) is 11.8. The van der Waals surface area contributed by atoms with E-state index in [1.807, 2.05) is 0 Å². The Hall–Kier alpha value is -2.68. The van der Waals surface area contributed by atoms with E-state index in [9.17, 15) is 4.39 Å². The Morgan fingerprint density at radius 3 is 3.03 bits per heavy atom. The van der Waals surface area contributed by atoms with E-state index in [-0.39, 0.29) is 60.9 Å². The molecule has 7 nitrogen and oxygen atoms in total. The molecular formula is C22H24ClFN4O3. The van der Waals surface area contributed by atoms with E-state index in [4.69, 9.17) is 40.9 Å². The number of morpholine rings is 1. The Morgan fingerprint density at radius 1 is 1.32 bits per heavy atom. The quantitative estimate of drug-likeness (QED) is 0.506. The molecule has 1 aromatic heterocycles. The highest BCUT2D eigenvalue weighted by atomic mass is 35.5. The van der Waals surface area contributed by atoms with Crippen LogP contribution < -0.4 is 14.8 Å². The first-order valence-corrected chi connectivity index (χ1v) is 9.50. The largest absolute Gasteiger partial charge is 0.493 e. The summed E-state index contributed by atoms with van der Waals surface area (Å²) in [5.41, 5.74) is -0.455. The Bertz CT molecular complexity index is 1470. The summed E-state index contributed by atoms with van der Waals surface area (Å²) in [4.78, 5) is 9.09. The summed E-state index contributed by atoms with van der Waals surface area (Å²) in [7, 11) is -2.98. The highest BCUT2D eigenvalue weighted by Crippen LogP contribution is 2.35. The number of nitrogens with zero attached hydrogens (tertiary/aromatic N) is 3. The Balaban J connectivity index is 1.70. The van der Waals surface area contributed by atoms with Crippen molar-refractivity contribution in [2.45, 2.75) is 6.42 Å². The van der Waals surface area contributed by atoms with Gasteiger partial charge in [-0.3, -0.25) is 4.90 Å². The molecule has 0 spiro atoms. The highest BCUT2D eigenvalue weighted by molar-refractivity contribution is 6.31. The van der Waals surface area contributed by atoms with Crippen molar-refractivity contribution < 1.29 is 33.7 Å². The molecule has 4 rings (SSSR count). The standard InChI is InChI=1S/C22H24ClFN4O3/c1-29-20-13-19-16(12-21(20)31-8-2-5-28-6-9-30-10-7-28)22(26-14-25-19)27-15-3-4-18(24)17(23)11-15/h3-4,11-14H,2,5-10H2,1H3,(H,25,26,27)/i1D3,3D,4D,6D2,7D2,11D,13D. The van der Waals surface area contributed by atoms with Gasteiger partial charge in [-0.1, -0.05) is 11.6 Å². The molecule has 0 aliphatic carbocycles. The molecular weight excluding hydrogens is 423 g/mol. The lowest BCUT2D eigenvalue weighted by molar-refractivity contribution is 0.0357.